The van der Waals surface area contributed by atoms with Crippen molar-refractivity contribution in [2.45, 2.75) is 26.7 Å². The average Bonchev–Trinajstić information content (AvgIpc) is 2.80. The lowest BCUT2D eigenvalue weighted by Crippen LogP contribution is -2.08. The maximum atomic E-state index is 10.9. The Bertz CT molecular complexity index is 549. The van der Waals surface area contributed by atoms with Crippen molar-refractivity contribution in [3.8, 4) is 0 Å². The second kappa shape index (κ2) is 6.15. The van der Waals surface area contributed by atoms with Gasteiger partial charge in [-0.25, -0.2) is 4.98 Å². The Hall–Kier alpha value is -2.14. The number of aliphatic hydroxyl groups excluding tert-OH is 1. The largest absolute Gasteiger partial charge is 0.458 e. The summed E-state index contributed by atoms with van der Waals surface area (Å²) in [5.41, 5.74) is 1.69. The zero-order valence-electron chi connectivity index (χ0n) is 10.7. The van der Waals surface area contributed by atoms with Gasteiger partial charge in [-0.1, -0.05) is 30.3 Å². The average molecular weight is 260 g/mol. The first-order valence-electron chi connectivity index (χ1n) is 6.02. The number of hydrogen-bond donors (Lipinski definition) is 1. The summed E-state index contributed by atoms with van der Waals surface area (Å²) in [6.07, 6.45) is 1.77. The Balaban J connectivity index is 2.18. The minimum atomic E-state index is -0.347. The molecule has 0 spiro atoms. The van der Waals surface area contributed by atoms with E-state index >= 15 is 0 Å². The van der Waals surface area contributed by atoms with Crippen molar-refractivity contribution >= 4 is 5.97 Å². The number of carbonyl (C=O) groups is 1. The summed E-state index contributed by atoms with van der Waals surface area (Å²) in [4.78, 5) is 15.1. The first kappa shape index (κ1) is 13.3. The third-order valence-electron chi connectivity index (χ3n) is 2.67. The molecule has 0 aliphatic carbocycles. The van der Waals surface area contributed by atoms with E-state index in [9.17, 15) is 4.79 Å². The lowest BCUT2D eigenvalue weighted by atomic mass is 10.2. The summed E-state index contributed by atoms with van der Waals surface area (Å²) in [6.45, 7) is 1.97. The summed E-state index contributed by atoms with van der Waals surface area (Å²) < 4.78 is 6.84. The van der Waals surface area contributed by atoms with Crippen LogP contribution in [0.25, 0.3) is 0 Å². The number of nitrogens with zero attached hydrogens (tertiary/aromatic N) is 2. The first-order valence-corrected chi connectivity index (χ1v) is 6.02. The number of rotatable bonds is 5. The van der Waals surface area contributed by atoms with Gasteiger partial charge in [0.05, 0.1) is 12.3 Å². The van der Waals surface area contributed by atoms with Crippen molar-refractivity contribution in [2.75, 3.05) is 0 Å². The summed E-state index contributed by atoms with van der Waals surface area (Å²) in [6, 6.07) is 9.90. The SMILES string of the molecule is CC(=O)OCc1nc(CO)cn1Cc1ccccc1. The molecule has 1 heterocycles. The molecular weight excluding hydrogens is 244 g/mol. The minimum absolute atomic E-state index is 0.113. The van der Waals surface area contributed by atoms with Gasteiger partial charge in [-0.15, -0.1) is 0 Å². The summed E-state index contributed by atoms with van der Waals surface area (Å²) >= 11 is 0. The van der Waals surface area contributed by atoms with Gasteiger partial charge in [-0.3, -0.25) is 4.79 Å². The van der Waals surface area contributed by atoms with E-state index in [0.29, 0.717) is 18.1 Å². The summed E-state index contributed by atoms with van der Waals surface area (Å²) in [5, 5.41) is 9.14. The molecule has 0 aliphatic rings. The van der Waals surface area contributed by atoms with Crippen LogP contribution in [0.15, 0.2) is 36.5 Å². The van der Waals surface area contributed by atoms with Crippen LogP contribution >= 0.6 is 0 Å². The number of aromatic nitrogens is 2. The van der Waals surface area contributed by atoms with Crippen molar-refractivity contribution in [1.82, 2.24) is 9.55 Å². The van der Waals surface area contributed by atoms with Crippen LogP contribution in [0.2, 0.25) is 0 Å². The number of imidazole rings is 1. The molecule has 2 rings (SSSR count). The molecule has 0 bridgehead atoms. The van der Waals surface area contributed by atoms with Crippen LogP contribution in [-0.4, -0.2) is 20.6 Å². The smallest absolute Gasteiger partial charge is 0.303 e. The molecule has 0 unspecified atom stereocenters. The predicted molar refractivity (Wildman–Crippen MR) is 69.2 cm³/mol. The maximum Gasteiger partial charge on any atom is 0.303 e. The predicted octanol–water partition coefficient (Wildman–Crippen LogP) is 1.49. The van der Waals surface area contributed by atoms with Crippen LogP contribution in [0.5, 0.6) is 0 Å². The van der Waals surface area contributed by atoms with E-state index < -0.39 is 0 Å². The van der Waals surface area contributed by atoms with E-state index in [1.165, 1.54) is 6.92 Å². The fourth-order valence-electron chi connectivity index (χ4n) is 1.79. The molecule has 100 valence electrons. The molecule has 5 nitrogen and oxygen atoms in total. The standard InChI is InChI=1S/C14H16N2O3/c1-11(18)19-10-14-15-13(9-17)8-16(14)7-12-5-3-2-4-6-12/h2-6,8,17H,7,9-10H2,1H3. The van der Waals surface area contributed by atoms with Crippen molar-refractivity contribution in [1.29, 1.82) is 0 Å². The molecule has 0 amide bonds. The van der Waals surface area contributed by atoms with E-state index in [0.717, 1.165) is 5.56 Å². The molecule has 0 fully saturated rings. The zero-order valence-corrected chi connectivity index (χ0v) is 10.7. The number of esters is 1. The molecule has 2 aromatic rings. The van der Waals surface area contributed by atoms with Gasteiger partial charge in [-0.05, 0) is 5.56 Å². The van der Waals surface area contributed by atoms with Crippen LogP contribution in [0.1, 0.15) is 24.0 Å². The highest BCUT2D eigenvalue weighted by atomic mass is 16.5. The highest BCUT2D eigenvalue weighted by Gasteiger charge is 2.09. The van der Waals surface area contributed by atoms with Gasteiger partial charge in [-0.2, -0.15) is 0 Å². The third kappa shape index (κ3) is 3.66. The fraction of sp³-hybridized carbons (Fsp3) is 0.286. The second-order valence-electron chi connectivity index (χ2n) is 4.20. The number of benzene rings is 1. The van der Waals surface area contributed by atoms with Crippen molar-refractivity contribution in [2.24, 2.45) is 0 Å². The summed E-state index contributed by atoms with van der Waals surface area (Å²) in [5.74, 6) is 0.280. The van der Waals surface area contributed by atoms with Gasteiger partial charge in [0, 0.05) is 19.7 Å². The highest BCUT2D eigenvalue weighted by Crippen LogP contribution is 2.09. The Labute approximate surface area is 111 Å². The van der Waals surface area contributed by atoms with Crippen LogP contribution < -0.4 is 0 Å². The molecule has 1 N–H and O–H groups in total. The molecular formula is C14H16N2O3. The van der Waals surface area contributed by atoms with Crippen molar-refractivity contribution < 1.29 is 14.6 Å². The number of hydrogen-bond acceptors (Lipinski definition) is 4. The first-order chi connectivity index (χ1) is 9.19. The maximum absolute atomic E-state index is 10.9. The number of ether oxygens (including phenoxy) is 1. The lowest BCUT2D eigenvalue weighted by molar-refractivity contribution is -0.142. The molecule has 0 radical (unpaired) electrons. The number of aliphatic hydroxyl groups is 1. The monoisotopic (exact) mass is 260 g/mol. The van der Waals surface area contributed by atoms with Crippen LogP contribution in [0.3, 0.4) is 0 Å². The normalized spacial score (nSPS) is 10.4. The fourth-order valence-corrected chi connectivity index (χ4v) is 1.79. The molecule has 0 saturated heterocycles. The Morgan fingerprint density at radius 1 is 1.37 bits per heavy atom. The van der Waals surface area contributed by atoms with Gasteiger partial charge >= 0.3 is 5.97 Å². The van der Waals surface area contributed by atoms with Crippen LogP contribution in [0, 0.1) is 0 Å². The second-order valence-corrected chi connectivity index (χ2v) is 4.20. The molecule has 5 heteroatoms. The molecule has 0 aliphatic heterocycles. The Morgan fingerprint density at radius 2 is 2.11 bits per heavy atom. The number of carbonyl (C=O) groups excluding carboxylic acids is 1. The molecule has 1 aromatic heterocycles. The van der Waals surface area contributed by atoms with E-state index in [1.807, 2.05) is 34.9 Å². The van der Waals surface area contributed by atoms with E-state index in [4.69, 9.17) is 9.84 Å². The van der Waals surface area contributed by atoms with Gasteiger partial charge in [0.25, 0.3) is 0 Å². The van der Waals surface area contributed by atoms with Crippen molar-refractivity contribution in [3.05, 3.63) is 53.6 Å². The van der Waals surface area contributed by atoms with Crippen LogP contribution in [0.4, 0.5) is 0 Å². The van der Waals surface area contributed by atoms with Crippen LogP contribution in [-0.2, 0) is 29.3 Å². The van der Waals surface area contributed by atoms with Gasteiger partial charge in [0.1, 0.15) is 12.4 Å². The Kier molecular flexibility index (Phi) is 4.30. The minimum Gasteiger partial charge on any atom is -0.458 e. The molecule has 1 aromatic carbocycles. The molecule has 0 atom stereocenters. The van der Waals surface area contributed by atoms with E-state index in [1.54, 1.807) is 6.20 Å². The van der Waals surface area contributed by atoms with Crippen molar-refractivity contribution in [3.63, 3.8) is 0 Å². The topological polar surface area (TPSA) is 64.3 Å². The summed E-state index contributed by atoms with van der Waals surface area (Å²) in [7, 11) is 0. The zero-order chi connectivity index (χ0) is 13.7. The Morgan fingerprint density at radius 3 is 2.74 bits per heavy atom. The highest BCUT2D eigenvalue weighted by molar-refractivity contribution is 5.65. The quantitative estimate of drug-likeness (QED) is 0.827. The van der Waals surface area contributed by atoms with E-state index in [-0.39, 0.29) is 19.2 Å². The lowest BCUT2D eigenvalue weighted by Gasteiger charge is -2.07. The molecule has 0 saturated carbocycles. The van der Waals surface area contributed by atoms with Gasteiger partial charge < -0.3 is 14.4 Å². The van der Waals surface area contributed by atoms with Gasteiger partial charge in [0.2, 0.25) is 0 Å². The van der Waals surface area contributed by atoms with Gasteiger partial charge in [0.15, 0.2) is 0 Å². The third-order valence-corrected chi connectivity index (χ3v) is 2.67. The molecule has 19 heavy (non-hydrogen) atoms. The van der Waals surface area contributed by atoms with E-state index in [2.05, 4.69) is 4.98 Å².